The maximum Gasteiger partial charge on any atom is 0.276 e. The lowest BCUT2D eigenvalue weighted by Crippen LogP contribution is -2.43. The maximum absolute atomic E-state index is 12.0. The molecular formula is C22H21BrN2O3S. The average molecular weight is 473 g/mol. The van der Waals surface area contributed by atoms with Gasteiger partial charge in [-0.1, -0.05) is 48.5 Å². The van der Waals surface area contributed by atoms with Crippen LogP contribution in [-0.2, 0) is 16.0 Å². The lowest BCUT2D eigenvalue weighted by atomic mass is 10.1. The van der Waals surface area contributed by atoms with Gasteiger partial charge in [-0.2, -0.15) is 0 Å². The molecule has 1 heterocycles. The van der Waals surface area contributed by atoms with Crippen LogP contribution >= 0.6 is 27.3 Å². The summed E-state index contributed by atoms with van der Waals surface area (Å²) in [6.07, 6.45) is 1.89. The Balaban J connectivity index is 1.41. The largest absolute Gasteiger partial charge is 0.483 e. The Bertz CT molecular complexity index is 959. The number of amides is 2. The van der Waals surface area contributed by atoms with Crippen LogP contribution in [0.15, 0.2) is 70.5 Å². The predicted octanol–water partition coefficient (Wildman–Crippen LogP) is 4.73. The summed E-state index contributed by atoms with van der Waals surface area (Å²) in [5.74, 6) is -0.0238. The fourth-order valence-electron chi connectivity index (χ4n) is 2.74. The molecule has 0 saturated heterocycles. The molecule has 3 rings (SSSR count). The van der Waals surface area contributed by atoms with Gasteiger partial charge in [-0.3, -0.25) is 20.4 Å². The number of benzene rings is 2. The van der Waals surface area contributed by atoms with Gasteiger partial charge in [0.15, 0.2) is 6.61 Å². The molecule has 5 nitrogen and oxygen atoms in total. The van der Waals surface area contributed by atoms with Gasteiger partial charge >= 0.3 is 0 Å². The number of thiophene rings is 1. The van der Waals surface area contributed by atoms with Gasteiger partial charge in [0, 0.05) is 16.9 Å². The first-order chi connectivity index (χ1) is 14.1. The highest BCUT2D eigenvalue weighted by molar-refractivity contribution is 9.11. The molecule has 0 atom stereocenters. The smallest absolute Gasteiger partial charge is 0.276 e. The van der Waals surface area contributed by atoms with Crippen LogP contribution in [0.2, 0.25) is 0 Å². The summed E-state index contributed by atoms with van der Waals surface area (Å²) >= 11 is 5.08. The standard InChI is InChI=1S/C22H21BrN2O3S/c23-20-14-13-17(29-20)9-6-12-21(26)24-25-22(27)15-28-19-11-5-4-10-18(19)16-7-2-1-3-8-16/h1-5,7-8,10-11,13-14H,6,9,12,15H2,(H,24,26)(H,25,27). The highest BCUT2D eigenvalue weighted by Crippen LogP contribution is 2.29. The minimum atomic E-state index is -0.414. The molecule has 150 valence electrons. The molecule has 0 bridgehead atoms. The zero-order chi connectivity index (χ0) is 20.5. The van der Waals surface area contributed by atoms with E-state index in [-0.39, 0.29) is 12.5 Å². The Morgan fingerprint density at radius 1 is 0.897 bits per heavy atom. The van der Waals surface area contributed by atoms with E-state index in [0.29, 0.717) is 12.2 Å². The second-order valence-corrected chi connectivity index (χ2v) is 8.85. The Morgan fingerprint density at radius 3 is 2.38 bits per heavy atom. The third-order valence-corrected chi connectivity index (χ3v) is 5.81. The molecule has 0 radical (unpaired) electrons. The van der Waals surface area contributed by atoms with Gasteiger partial charge in [-0.15, -0.1) is 11.3 Å². The molecule has 0 unspecified atom stereocenters. The van der Waals surface area contributed by atoms with Crippen molar-refractivity contribution in [3.05, 3.63) is 75.4 Å². The summed E-state index contributed by atoms with van der Waals surface area (Å²) in [6, 6.07) is 21.4. The zero-order valence-corrected chi connectivity index (χ0v) is 18.1. The van der Waals surface area contributed by atoms with Crippen LogP contribution in [-0.4, -0.2) is 18.4 Å². The summed E-state index contributed by atoms with van der Waals surface area (Å²) in [4.78, 5) is 25.1. The molecule has 2 N–H and O–H groups in total. The number of para-hydroxylation sites is 1. The van der Waals surface area contributed by atoms with E-state index in [9.17, 15) is 9.59 Å². The minimum Gasteiger partial charge on any atom is -0.483 e. The van der Waals surface area contributed by atoms with Crippen LogP contribution in [0.4, 0.5) is 0 Å². The molecule has 0 spiro atoms. The number of hydrogen-bond donors (Lipinski definition) is 2. The molecule has 0 aliphatic rings. The number of ether oxygens (including phenoxy) is 1. The van der Waals surface area contributed by atoms with Crippen LogP contribution < -0.4 is 15.6 Å². The van der Waals surface area contributed by atoms with Gasteiger partial charge in [0.25, 0.3) is 5.91 Å². The van der Waals surface area contributed by atoms with Crippen molar-refractivity contribution in [1.29, 1.82) is 0 Å². The Morgan fingerprint density at radius 2 is 1.62 bits per heavy atom. The number of carbonyl (C=O) groups excluding carboxylic acids is 2. The second-order valence-electron chi connectivity index (χ2n) is 6.31. The Hall–Kier alpha value is -2.64. The summed E-state index contributed by atoms with van der Waals surface area (Å²) in [7, 11) is 0. The van der Waals surface area contributed by atoms with E-state index in [2.05, 4.69) is 26.8 Å². The number of aryl methyl sites for hydroxylation is 1. The van der Waals surface area contributed by atoms with Crippen molar-refractivity contribution in [2.24, 2.45) is 0 Å². The number of hydrogen-bond acceptors (Lipinski definition) is 4. The van der Waals surface area contributed by atoms with Gasteiger partial charge in [0.2, 0.25) is 5.91 Å². The zero-order valence-electron chi connectivity index (χ0n) is 15.7. The second kappa shape index (κ2) is 10.8. The quantitative estimate of drug-likeness (QED) is 0.465. The maximum atomic E-state index is 12.0. The SMILES string of the molecule is O=C(CCCc1ccc(Br)s1)NNC(=O)COc1ccccc1-c1ccccc1. The van der Waals surface area contributed by atoms with Crippen molar-refractivity contribution in [2.75, 3.05) is 6.61 Å². The number of carbonyl (C=O) groups is 2. The highest BCUT2D eigenvalue weighted by Gasteiger charge is 2.09. The normalized spacial score (nSPS) is 10.4. The van der Waals surface area contributed by atoms with Crippen molar-refractivity contribution in [1.82, 2.24) is 10.9 Å². The van der Waals surface area contributed by atoms with Crippen LogP contribution in [0, 0.1) is 0 Å². The molecule has 3 aromatic rings. The first kappa shape index (κ1) is 21.1. The first-order valence-corrected chi connectivity index (χ1v) is 10.8. The fraction of sp³-hybridized carbons (Fsp3) is 0.182. The molecule has 2 amide bonds. The summed E-state index contributed by atoms with van der Waals surface area (Å²) < 4.78 is 6.74. The monoisotopic (exact) mass is 472 g/mol. The van der Waals surface area contributed by atoms with E-state index >= 15 is 0 Å². The molecule has 0 saturated carbocycles. The van der Waals surface area contributed by atoms with Crippen molar-refractivity contribution in [2.45, 2.75) is 19.3 Å². The topological polar surface area (TPSA) is 67.4 Å². The molecule has 1 aromatic heterocycles. The number of hydrazine groups is 1. The van der Waals surface area contributed by atoms with Gasteiger partial charge < -0.3 is 4.74 Å². The van der Waals surface area contributed by atoms with Gasteiger partial charge in [-0.05, 0) is 52.5 Å². The average Bonchev–Trinajstić information content (AvgIpc) is 3.16. The van der Waals surface area contributed by atoms with Crippen molar-refractivity contribution in [3.8, 4) is 16.9 Å². The molecule has 29 heavy (non-hydrogen) atoms. The van der Waals surface area contributed by atoms with Crippen molar-refractivity contribution < 1.29 is 14.3 Å². The third kappa shape index (κ3) is 6.73. The van der Waals surface area contributed by atoms with Gasteiger partial charge in [0.05, 0.1) is 3.79 Å². The molecule has 7 heteroatoms. The fourth-order valence-corrected chi connectivity index (χ4v) is 4.26. The van der Waals surface area contributed by atoms with Crippen molar-refractivity contribution in [3.63, 3.8) is 0 Å². The molecule has 0 aliphatic heterocycles. The number of halogens is 1. The summed E-state index contributed by atoms with van der Waals surface area (Å²) in [5.41, 5.74) is 6.74. The van der Waals surface area contributed by atoms with Gasteiger partial charge in [-0.25, -0.2) is 0 Å². The van der Waals surface area contributed by atoms with Crippen LogP contribution in [0.5, 0.6) is 5.75 Å². The number of rotatable bonds is 8. The van der Waals surface area contributed by atoms with E-state index in [4.69, 9.17) is 4.74 Å². The summed E-state index contributed by atoms with van der Waals surface area (Å²) in [6.45, 7) is -0.187. The van der Waals surface area contributed by atoms with E-state index in [1.165, 1.54) is 4.88 Å². The third-order valence-electron chi connectivity index (χ3n) is 4.13. The van der Waals surface area contributed by atoms with E-state index < -0.39 is 5.91 Å². The van der Waals surface area contributed by atoms with E-state index in [0.717, 1.165) is 27.8 Å². The first-order valence-electron chi connectivity index (χ1n) is 9.21. The Kier molecular flexibility index (Phi) is 7.84. The van der Waals surface area contributed by atoms with E-state index in [1.54, 1.807) is 11.3 Å². The van der Waals surface area contributed by atoms with Crippen LogP contribution in [0.3, 0.4) is 0 Å². The number of nitrogens with one attached hydrogen (secondary N) is 2. The Labute approximate surface area is 182 Å². The minimum absolute atomic E-state index is 0.187. The summed E-state index contributed by atoms with van der Waals surface area (Å²) in [5, 5.41) is 0. The predicted molar refractivity (Wildman–Crippen MR) is 119 cm³/mol. The highest BCUT2D eigenvalue weighted by atomic mass is 79.9. The molecule has 2 aromatic carbocycles. The van der Waals surface area contributed by atoms with Gasteiger partial charge in [0.1, 0.15) is 5.75 Å². The van der Waals surface area contributed by atoms with Crippen molar-refractivity contribution >= 4 is 39.1 Å². The molecule has 0 fully saturated rings. The lowest BCUT2D eigenvalue weighted by Gasteiger charge is -2.12. The molecular weight excluding hydrogens is 452 g/mol. The van der Waals surface area contributed by atoms with Crippen LogP contribution in [0.1, 0.15) is 17.7 Å². The lowest BCUT2D eigenvalue weighted by molar-refractivity contribution is -0.130. The molecule has 0 aliphatic carbocycles. The van der Waals surface area contributed by atoms with E-state index in [1.807, 2.05) is 66.7 Å². The van der Waals surface area contributed by atoms with Crippen LogP contribution in [0.25, 0.3) is 11.1 Å².